The summed E-state index contributed by atoms with van der Waals surface area (Å²) in [6.07, 6.45) is 0. The lowest BCUT2D eigenvalue weighted by Crippen LogP contribution is -2.29. The largest absolute Gasteiger partial charge is 0.497 e. The van der Waals surface area contributed by atoms with Crippen molar-refractivity contribution in [1.29, 1.82) is 0 Å². The molecule has 1 aliphatic heterocycles. The Hall–Kier alpha value is -4.99. The Bertz CT molecular complexity index is 1460. The quantitative estimate of drug-likeness (QED) is 0.262. The number of aromatic nitrogens is 2. The van der Waals surface area contributed by atoms with Gasteiger partial charge in [0.15, 0.2) is 6.61 Å². The van der Waals surface area contributed by atoms with Gasteiger partial charge < -0.3 is 18.7 Å². The topological polar surface area (TPSA) is 121 Å². The number of amides is 2. The van der Waals surface area contributed by atoms with Crippen molar-refractivity contribution in [2.75, 3.05) is 14.2 Å². The van der Waals surface area contributed by atoms with Crippen LogP contribution < -0.4 is 9.47 Å². The third-order valence-corrected chi connectivity index (χ3v) is 5.85. The summed E-state index contributed by atoms with van der Waals surface area (Å²) in [7, 11) is 3.00. The fraction of sp³-hybridized carbons (Fsp3) is 0.148. The number of rotatable bonds is 8. The zero-order chi connectivity index (χ0) is 25.9. The van der Waals surface area contributed by atoms with Gasteiger partial charge in [0.2, 0.25) is 5.82 Å². The van der Waals surface area contributed by atoms with E-state index in [1.807, 2.05) is 0 Å². The normalized spacial score (nSPS) is 12.4. The van der Waals surface area contributed by atoms with Crippen molar-refractivity contribution >= 4 is 17.8 Å². The van der Waals surface area contributed by atoms with Gasteiger partial charge in [-0.1, -0.05) is 23.4 Å². The van der Waals surface area contributed by atoms with Gasteiger partial charge >= 0.3 is 5.97 Å². The van der Waals surface area contributed by atoms with Crippen LogP contribution in [0.25, 0.3) is 11.4 Å². The van der Waals surface area contributed by atoms with Gasteiger partial charge in [0.1, 0.15) is 17.1 Å². The summed E-state index contributed by atoms with van der Waals surface area (Å²) in [6.45, 7) is -0.265. The highest BCUT2D eigenvalue weighted by molar-refractivity contribution is 6.21. The molecule has 0 fully saturated rings. The zero-order valence-electron chi connectivity index (χ0n) is 20.0. The van der Waals surface area contributed by atoms with Crippen molar-refractivity contribution in [2.24, 2.45) is 0 Å². The lowest BCUT2D eigenvalue weighted by Gasteiger charge is -2.15. The highest BCUT2D eigenvalue weighted by atomic mass is 16.6. The molecule has 0 spiro atoms. The lowest BCUT2D eigenvalue weighted by molar-refractivity contribution is 0.0426. The van der Waals surface area contributed by atoms with Crippen LogP contribution in [0.2, 0.25) is 0 Å². The molecule has 0 atom stereocenters. The number of ether oxygens (including phenoxy) is 3. The first-order chi connectivity index (χ1) is 18.0. The van der Waals surface area contributed by atoms with Crippen LogP contribution in [-0.2, 0) is 17.9 Å². The number of fused-ring (bicyclic) bond motifs is 1. The molecule has 186 valence electrons. The molecule has 1 aromatic heterocycles. The molecule has 3 aromatic carbocycles. The summed E-state index contributed by atoms with van der Waals surface area (Å²) in [5.74, 6) is -0.0323. The van der Waals surface area contributed by atoms with Crippen LogP contribution in [-0.4, -0.2) is 47.0 Å². The molecular weight excluding hydrogens is 478 g/mol. The molecule has 0 saturated heterocycles. The van der Waals surface area contributed by atoms with Crippen LogP contribution in [0, 0.1) is 0 Å². The number of imide groups is 1. The van der Waals surface area contributed by atoms with Crippen molar-refractivity contribution in [3.05, 3.63) is 94.9 Å². The van der Waals surface area contributed by atoms with Crippen LogP contribution in [0.5, 0.6) is 11.5 Å². The molecule has 5 rings (SSSR count). The Balaban J connectivity index is 1.28. The fourth-order valence-corrected chi connectivity index (χ4v) is 3.95. The second kappa shape index (κ2) is 9.94. The number of benzene rings is 3. The third kappa shape index (κ3) is 4.64. The number of esters is 1. The molecule has 0 bridgehead atoms. The number of hydrogen-bond donors (Lipinski definition) is 0. The number of hydrogen-bond acceptors (Lipinski definition) is 9. The molecule has 0 unspecified atom stereocenters. The van der Waals surface area contributed by atoms with Gasteiger partial charge in [-0.25, -0.2) is 4.79 Å². The molecule has 2 heterocycles. The van der Waals surface area contributed by atoms with Gasteiger partial charge in [-0.3, -0.25) is 14.5 Å². The third-order valence-electron chi connectivity index (χ3n) is 5.85. The summed E-state index contributed by atoms with van der Waals surface area (Å²) in [6, 6.07) is 18.5. The average molecular weight is 499 g/mol. The Morgan fingerprint density at radius 3 is 2.27 bits per heavy atom. The van der Waals surface area contributed by atoms with E-state index >= 15 is 0 Å². The van der Waals surface area contributed by atoms with Crippen LogP contribution in [0.1, 0.15) is 42.5 Å². The SMILES string of the molecule is COc1ccc(-c2noc(COC(=O)c3cc(CN4C(=O)c5ccccc5C4=O)ccc3OC)n2)cc1. The summed E-state index contributed by atoms with van der Waals surface area (Å²) >= 11 is 0. The van der Waals surface area contributed by atoms with E-state index in [4.69, 9.17) is 18.7 Å². The second-order valence-electron chi connectivity index (χ2n) is 8.09. The number of carbonyl (C=O) groups is 3. The number of carbonyl (C=O) groups excluding carboxylic acids is 3. The maximum absolute atomic E-state index is 12.9. The molecule has 0 N–H and O–H groups in total. The molecule has 0 aliphatic carbocycles. The summed E-state index contributed by atoms with van der Waals surface area (Å²) in [5, 5.41) is 3.92. The first kappa shape index (κ1) is 23.7. The highest BCUT2D eigenvalue weighted by Gasteiger charge is 2.35. The lowest BCUT2D eigenvalue weighted by atomic mass is 10.1. The van der Waals surface area contributed by atoms with Gasteiger partial charge in [-0.15, -0.1) is 0 Å². The fourth-order valence-electron chi connectivity index (χ4n) is 3.95. The van der Waals surface area contributed by atoms with Crippen LogP contribution >= 0.6 is 0 Å². The van der Waals surface area contributed by atoms with E-state index in [9.17, 15) is 14.4 Å². The first-order valence-electron chi connectivity index (χ1n) is 11.2. The van der Waals surface area contributed by atoms with Gasteiger partial charge in [-0.2, -0.15) is 4.98 Å². The Kier molecular flexibility index (Phi) is 6.38. The van der Waals surface area contributed by atoms with Crippen LogP contribution in [0.4, 0.5) is 0 Å². The summed E-state index contributed by atoms with van der Waals surface area (Å²) < 4.78 is 21.0. The van der Waals surface area contributed by atoms with E-state index in [-0.39, 0.29) is 42.2 Å². The van der Waals surface area contributed by atoms with E-state index in [0.717, 1.165) is 4.90 Å². The molecule has 4 aromatic rings. The van der Waals surface area contributed by atoms with Crippen molar-refractivity contribution in [1.82, 2.24) is 15.0 Å². The molecule has 0 saturated carbocycles. The minimum Gasteiger partial charge on any atom is -0.497 e. The zero-order valence-corrected chi connectivity index (χ0v) is 20.0. The summed E-state index contributed by atoms with van der Waals surface area (Å²) in [5.41, 5.74) is 2.11. The van der Waals surface area contributed by atoms with E-state index in [2.05, 4.69) is 10.1 Å². The maximum Gasteiger partial charge on any atom is 0.342 e. The minimum absolute atomic E-state index is 0.00843. The van der Waals surface area contributed by atoms with Crippen molar-refractivity contribution in [3.8, 4) is 22.9 Å². The van der Waals surface area contributed by atoms with Gasteiger partial charge in [0.05, 0.1) is 31.9 Å². The van der Waals surface area contributed by atoms with E-state index in [1.165, 1.54) is 13.2 Å². The molecule has 1 aliphatic rings. The Morgan fingerprint density at radius 2 is 1.62 bits per heavy atom. The molecule has 10 heteroatoms. The summed E-state index contributed by atoms with van der Waals surface area (Å²) in [4.78, 5) is 43.7. The molecular formula is C27H21N3O7. The van der Waals surface area contributed by atoms with Crippen molar-refractivity contribution < 1.29 is 33.1 Å². The Labute approximate surface area is 211 Å². The highest BCUT2D eigenvalue weighted by Crippen LogP contribution is 2.27. The maximum atomic E-state index is 12.9. The van der Waals surface area contributed by atoms with E-state index in [1.54, 1.807) is 67.8 Å². The van der Waals surface area contributed by atoms with E-state index in [0.29, 0.717) is 33.8 Å². The second-order valence-corrected chi connectivity index (χ2v) is 8.09. The standard InChI is InChI=1S/C27H21N3O7/c1-34-18-10-8-17(9-11-18)24-28-23(37-29-24)15-36-27(33)21-13-16(7-12-22(21)35-2)14-30-25(31)19-5-3-4-6-20(19)26(30)32/h3-13H,14-15H2,1-2H3. The molecule has 37 heavy (non-hydrogen) atoms. The predicted octanol–water partition coefficient (Wildman–Crippen LogP) is 3.91. The Morgan fingerprint density at radius 1 is 0.919 bits per heavy atom. The van der Waals surface area contributed by atoms with Gasteiger partial charge in [-0.05, 0) is 54.1 Å². The van der Waals surface area contributed by atoms with Gasteiger partial charge in [0, 0.05) is 5.56 Å². The monoisotopic (exact) mass is 499 g/mol. The predicted molar refractivity (Wildman–Crippen MR) is 129 cm³/mol. The minimum atomic E-state index is -0.690. The molecule has 10 nitrogen and oxygen atoms in total. The number of nitrogens with zero attached hydrogens (tertiary/aromatic N) is 3. The van der Waals surface area contributed by atoms with E-state index < -0.39 is 5.97 Å². The molecule has 2 amide bonds. The average Bonchev–Trinajstić information content (AvgIpc) is 3.51. The van der Waals surface area contributed by atoms with Crippen LogP contribution in [0.15, 0.2) is 71.3 Å². The van der Waals surface area contributed by atoms with Crippen LogP contribution in [0.3, 0.4) is 0 Å². The molecule has 0 radical (unpaired) electrons. The smallest absolute Gasteiger partial charge is 0.342 e. The van der Waals surface area contributed by atoms with Gasteiger partial charge in [0.25, 0.3) is 17.7 Å². The van der Waals surface area contributed by atoms with Crippen molar-refractivity contribution in [2.45, 2.75) is 13.2 Å². The number of methoxy groups -OCH3 is 2. The first-order valence-corrected chi connectivity index (χ1v) is 11.2. The van der Waals surface area contributed by atoms with Crippen molar-refractivity contribution in [3.63, 3.8) is 0 Å².